The average Bonchev–Trinajstić information content (AvgIpc) is 2.12. The topological polar surface area (TPSA) is 88.7 Å². The second kappa shape index (κ2) is 3.99. The standard InChI is InChI=1S/C9H8N4/c10-4-2-1-3-7-5-8(11)9(12)13-6-7/h5-6H,2,11H2,(H2,12,13). The van der Waals surface area contributed by atoms with Gasteiger partial charge in [-0.25, -0.2) is 4.98 Å². The lowest BCUT2D eigenvalue weighted by Gasteiger charge is -1.97. The van der Waals surface area contributed by atoms with Gasteiger partial charge >= 0.3 is 0 Å². The first-order valence-electron chi connectivity index (χ1n) is 3.61. The van der Waals surface area contributed by atoms with Gasteiger partial charge in [-0.3, -0.25) is 0 Å². The summed E-state index contributed by atoms with van der Waals surface area (Å²) in [7, 11) is 0. The lowest BCUT2D eigenvalue weighted by atomic mass is 10.2. The lowest BCUT2D eigenvalue weighted by Crippen LogP contribution is -1.97. The van der Waals surface area contributed by atoms with Gasteiger partial charge in [0, 0.05) is 11.8 Å². The molecule has 0 saturated heterocycles. The van der Waals surface area contributed by atoms with E-state index in [1.54, 1.807) is 6.07 Å². The summed E-state index contributed by atoms with van der Waals surface area (Å²) in [5.41, 5.74) is 12.0. The van der Waals surface area contributed by atoms with Gasteiger partial charge in [-0.15, -0.1) is 0 Å². The van der Waals surface area contributed by atoms with E-state index in [0.717, 1.165) is 0 Å². The number of nitriles is 1. The Morgan fingerprint density at radius 2 is 2.23 bits per heavy atom. The van der Waals surface area contributed by atoms with E-state index in [1.807, 2.05) is 6.07 Å². The summed E-state index contributed by atoms with van der Waals surface area (Å²) in [6.07, 6.45) is 1.72. The van der Waals surface area contributed by atoms with Crippen molar-refractivity contribution in [2.45, 2.75) is 6.42 Å². The molecule has 13 heavy (non-hydrogen) atoms. The van der Waals surface area contributed by atoms with E-state index in [-0.39, 0.29) is 6.42 Å². The molecule has 0 fully saturated rings. The normalized spacial score (nSPS) is 8.23. The van der Waals surface area contributed by atoms with Crippen LogP contribution in [0.5, 0.6) is 0 Å². The number of hydrogen-bond donors (Lipinski definition) is 2. The molecular formula is C9H8N4. The van der Waals surface area contributed by atoms with Crippen LogP contribution in [0, 0.1) is 23.2 Å². The van der Waals surface area contributed by atoms with E-state index in [1.165, 1.54) is 6.20 Å². The molecule has 1 rings (SSSR count). The van der Waals surface area contributed by atoms with Crippen LogP contribution in [0.3, 0.4) is 0 Å². The van der Waals surface area contributed by atoms with Gasteiger partial charge in [0.05, 0.1) is 18.2 Å². The number of hydrogen-bond acceptors (Lipinski definition) is 4. The van der Waals surface area contributed by atoms with Crippen molar-refractivity contribution in [3.05, 3.63) is 17.8 Å². The average molecular weight is 172 g/mol. The zero-order valence-corrected chi connectivity index (χ0v) is 6.91. The minimum atomic E-state index is 0.199. The highest BCUT2D eigenvalue weighted by molar-refractivity contribution is 5.60. The first kappa shape index (κ1) is 8.89. The molecule has 4 heteroatoms. The summed E-state index contributed by atoms with van der Waals surface area (Å²) in [4.78, 5) is 3.82. The zero-order valence-electron chi connectivity index (χ0n) is 6.91. The largest absolute Gasteiger partial charge is 0.396 e. The third-order valence-corrected chi connectivity index (χ3v) is 1.35. The number of aromatic nitrogens is 1. The van der Waals surface area contributed by atoms with Crippen molar-refractivity contribution in [3.8, 4) is 17.9 Å². The molecule has 1 aromatic heterocycles. The molecule has 0 aliphatic rings. The van der Waals surface area contributed by atoms with Gasteiger partial charge in [-0.1, -0.05) is 11.8 Å². The van der Waals surface area contributed by atoms with Crippen molar-refractivity contribution in [2.24, 2.45) is 0 Å². The smallest absolute Gasteiger partial charge is 0.146 e. The lowest BCUT2D eigenvalue weighted by molar-refractivity contribution is 1.32. The first-order chi connectivity index (χ1) is 6.24. The fourth-order valence-corrected chi connectivity index (χ4v) is 0.747. The number of pyridine rings is 1. The monoisotopic (exact) mass is 172 g/mol. The number of nitrogens with zero attached hydrogens (tertiary/aromatic N) is 2. The Morgan fingerprint density at radius 1 is 1.46 bits per heavy atom. The van der Waals surface area contributed by atoms with Gasteiger partial charge in [0.15, 0.2) is 0 Å². The Labute approximate surface area is 76.2 Å². The maximum atomic E-state index is 8.23. The van der Waals surface area contributed by atoms with Crippen molar-refractivity contribution in [2.75, 3.05) is 11.5 Å². The molecule has 4 N–H and O–H groups in total. The number of rotatable bonds is 0. The molecule has 0 spiro atoms. The van der Waals surface area contributed by atoms with Gasteiger partial charge in [0.1, 0.15) is 5.82 Å². The predicted octanol–water partition coefficient (Wildman–Crippen LogP) is 0.511. The molecule has 4 nitrogen and oxygen atoms in total. The molecule has 64 valence electrons. The number of nitrogen functional groups attached to an aromatic ring is 2. The van der Waals surface area contributed by atoms with E-state index in [4.69, 9.17) is 16.7 Å². The molecular weight excluding hydrogens is 164 g/mol. The molecule has 0 saturated carbocycles. The highest BCUT2D eigenvalue weighted by atomic mass is 14.9. The van der Waals surface area contributed by atoms with Crippen LogP contribution in [0.2, 0.25) is 0 Å². The van der Waals surface area contributed by atoms with Crippen LogP contribution in [0.15, 0.2) is 12.3 Å². The van der Waals surface area contributed by atoms with Gasteiger partial charge in [0.2, 0.25) is 0 Å². The van der Waals surface area contributed by atoms with Crippen molar-refractivity contribution < 1.29 is 0 Å². The Kier molecular flexibility index (Phi) is 2.73. The highest BCUT2D eigenvalue weighted by Gasteiger charge is 1.94. The molecule has 0 radical (unpaired) electrons. The molecule has 0 bridgehead atoms. The highest BCUT2D eigenvalue weighted by Crippen LogP contribution is 2.11. The maximum Gasteiger partial charge on any atom is 0.146 e. The molecule has 0 aliphatic carbocycles. The fraction of sp³-hybridized carbons (Fsp3) is 0.111. The van der Waals surface area contributed by atoms with Crippen LogP contribution >= 0.6 is 0 Å². The second-order valence-electron chi connectivity index (χ2n) is 2.34. The number of nitrogens with two attached hydrogens (primary N) is 2. The summed E-state index contributed by atoms with van der Waals surface area (Å²) in [6, 6.07) is 3.55. The molecule has 0 amide bonds. The molecule has 0 aromatic carbocycles. The Morgan fingerprint density at radius 3 is 2.85 bits per heavy atom. The van der Waals surface area contributed by atoms with E-state index in [0.29, 0.717) is 17.1 Å². The predicted molar refractivity (Wildman–Crippen MR) is 50.2 cm³/mol. The summed E-state index contributed by atoms with van der Waals surface area (Å²) in [5.74, 6) is 5.69. The Bertz CT molecular complexity index is 406. The van der Waals surface area contributed by atoms with Crippen LogP contribution in [0.25, 0.3) is 0 Å². The third-order valence-electron chi connectivity index (χ3n) is 1.35. The zero-order chi connectivity index (χ0) is 9.68. The Balaban J connectivity index is 2.89. The van der Waals surface area contributed by atoms with Gasteiger partial charge < -0.3 is 11.5 Å². The summed E-state index contributed by atoms with van der Waals surface area (Å²) in [5, 5.41) is 8.23. The van der Waals surface area contributed by atoms with Crippen LogP contribution in [0.1, 0.15) is 12.0 Å². The summed E-state index contributed by atoms with van der Waals surface area (Å²) >= 11 is 0. The molecule has 1 heterocycles. The van der Waals surface area contributed by atoms with Crippen molar-refractivity contribution in [1.29, 1.82) is 5.26 Å². The molecule has 0 aliphatic heterocycles. The van der Waals surface area contributed by atoms with Crippen molar-refractivity contribution in [1.82, 2.24) is 4.98 Å². The third kappa shape index (κ3) is 2.39. The second-order valence-corrected chi connectivity index (χ2v) is 2.34. The summed E-state index contributed by atoms with van der Waals surface area (Å²) < 4.78 is 0. The van der Waals surface area contributed by atoms with Gasteiger partial charge in [-0.05, 0) is 6.07 Å². The van der Waals surface area contributed by atoms with Crippen molar-refractivity contribution >= 4 is 11.5 Å². The quantitative estimate of drug-likeness (QED) is 0.558. The minimum Gasteiger partial charge on any atom is -0.396 e. The van der Waals surface area contributed by atoms with E-state index in [2.05, 4.69) is 16.8 Å². The van der Waals surface area contributed by atoms with Crippen molar-refractivity contribution in [3.63, 3.8) is 0 Å². The van der Waals surface area contributed by atoms with Crippen LogP contribution in [-0.2, 0) is 0 Å². The Hall–Kier alpha value is -2.20. The first-order valence-corrected chi connectivity index (χ1v) is 3.61. The van der Waals surface area contributed by atoms with Gasteiger partial charge in [0.25, 0.3) is 0 Å². The fourth-order valence-electron chi connectivity index (χ4n) is 0.747. The minimum absolute atomic E-state index is 0.199. The molecule has 1 aromatic rings. The molecule has 0 unspecified atom stereocenters. The van der Waals surface area contributed by atoms with Gasteiger partial charge in [-0.2, -0.15) is 5.26 Å². The van der Waals surface area contributed by atoms with E-state index >= 15 is 0 Å². The SMILES string of the molecule is N#CCC#Cc1cnc(N)c(N)c1. The maximum absolute atomic E-state index is 8.23. The van der Waals surface area contributed by atoms with E-state index in [9.17, 15) is 0 Å². The summed E-state index contributed by atoms with van der Waals surface area (Å²) in [6.45, 7) is 0. The van der Waals surface area contributed by atoms with Crippen LogP contribution in [-0.4, -0.2) is 4.98 Å². The van der Waals surface area contributed by atoms with E-state index < -0.39 is 0 Å². The number of anilines is 2. The molecule has 0 atom stereocenters. The van der Waals surface area contributed by atoms with Crippen LogP contribution < -0.4 is 11.5 Å². The van der Waals surface area contributed by atoms with Crippen LogP contribution in [0.4, 0.5) is 11.5 Å².